The zero-order valence-corrected chi connectivity index (χ0v) is 27.5. The van der Waals surface area contributed by atoms with Crippen LogP contribution in [0, 0.1) is 17.8 Å². The fourth-order valence-corrected chi connectivity index (χ4v) is 6.08. The average Bonchev–Trinajstić information content (AvgIpc) is 3.03. The maximum Gasteiger partial charge on any atom is 0.322 e. The molecular weight excluding hydrogens is 614 g/mol. The van der Waals surface area contributed by atoms with Gasteiger partial charge in [0.15, 0.2) is 0 Å². The zero-order valence-electron chi connectivity index (χ0n) is 26.7. The first-order chi connectivity index (χ1) is 21.9. The summed E-state index contributed by atoms with van der Waals surface area (Å²) in [7, 11) is -2.37. The van der Waals surface area contributed by atoms with E-state index in [1.54, 1.807) is 39.2 Å². The smallest absolute Gasteiger partial charge is 0.322 e. The standard InChI is InChI=1S/C32H43N5O8S/c1-23(2)30(32(40)41)35-46(42,43)37-18-16-36(17-19-37)27-11-8-25(9-12-27)6-7-26-10-13-29(45-21-20-44-4)28(22-26)31(39)34-15-5-14-33-24(3)38/h8-13,22-23,30,35H,5,14-21H2,1-4H3,(H,33,38)(H,34,39)(H,40,41)/t30-/m1/s1. The van der Waals surface area contributed by atoms with Crippen LogP contribution in [0.5, 0.6) is 5.75 Å². The van der Waals surface area contributed by atoms with Gasteiger partial charge >= 0.3 is 5.97 Å². The van der Waals surface area contributed by atoms with Gasteiger partial charge in [-0.25, -0.2) is 0 Å². The van der Waals surface area contributed by atoms with Crippen molar-refractivity contribution in [1.29, 1.82) is 0 Å². The lowest BCUT2D eigenvalue weighted by molar-refractivity contribution is -0.140. The highest BCUT2D eigenvalue weighted by Gasteiger charge is 2.33. The van der Waals surface area contributed by atoms with Crippen LogP contribution in [-0.4, -0.2) is 101 Å². The molecule has 2 aromatic carbocycles. The third kappa shape index (κ3) is 11.0. The fraction of sp³-hybridized carbons (Fsp3) is 0.469. The van der Waals surface area contributed by atoms with E-state index in [9.17, 15) is 27.9 Å². The van der Waals surface area contributed by atoms with Crippen molar-refractivity contribution < 1.29 is 37.4 Å². The number of nitrogens with one attached hydrogen (secondary N) is 3. The summed E-state index contributed by atoms with van der Waals surface area (Å²) in [5.74, 6) is 4.59. The lowest BCUT2D eigenvalue weighted by Gasteiger charge is -2.36. The minimum Gasteiger partial charge on any atom is -0.490 e. The second-order valence-electron chi connectivity index (χ2n) is 11.0. The molecule has 4 N–H and O–H groups in total. The summed E-state index contributed by atoms with van der Waals surface area (Å²) in [5.41, 5.74) is 2.64. The van der Waals surface area contributed by atoms with Gasteiger partial charge in [0.1, 0.15) is 18.4 Å². The van der Waals surface area contributed by atoms with Crippen molar-refractivity contribution in [2.45, 2.75) is 33.2 Å². The van der Waals surface area contributed by atoms with Gasteiger partial charge in [-0.2, -0.15) is 17.4 Å². The van der Waals surface area contributed by atoms with Crippen LogP contribution >= 0.6 is 0 Å². The van der Waals surface area contributed by atoms with Crippen molar-refractivity contribution in [3.8, 4) is 17.6 Å². The molecule has 1 atom stereocenters. The van der Waals surface area contributed by atoms with Gasteiger partial charge in [0.2, 0.25) is 5.91 Å². The number of rotatable bonds is 15. The van der Waals surface area contributed by atoms with E-state index in [1.165, 1.54) is 11.2 Å². The summed E-state index contributed by atoms with van der Waals surface area (Å²) >= 11 is 0. The average molecular weight is 658 g/mol. The van der Waals surface area contributed by atoms with Gasteiger partial charge in [0.05, 0.1) is 12.2 Å². The molecule has 2 amide bonds. The summed E-state index contributed by atoms with van der Waals surface area (Å²) in [6.07, 6.45) is 0.582. The first-order valence-corrected chi connectivity index (χ1v) is 16.5. The van der Waals surface area contributed by atoms with Crippen molar-refractivity contribution in [2.75, 3.05) is 64.5 Å². The van der Waals surface area contributed by atoms with E-state index in [2.05, 4.69) is 32.1 Å². The molecule has 0 aliphatic carbocycles. The van der Waals surface area contributed by atoms with Crippen LogP contribution in [0.2, 0.25) is 0 Å². The molecule has 3 rings (SSSR count). The second kappa shape index (κ2) is 17.5. The quantitative estimate of drug-likeness (QED) is 0.164. The van der Waals surface area contributed by atoms with Crippen LogP contribution in [0.1, 0.15) is 48.7 Å². The summed E-state index contributed by atoms with van der Waals surface area (Å²) in [4.78, 5) is 37.5. The van der Waals surface area contributed by atoms with Crippen molar-refractivity contribution in [1.82, 2.24) is 19.7 Å². The molecule has 46 heavy (non-hydrogen) atoms. The van der Waals surface area contributed by atoms with Crippen LogP contribution in [0.4, 0.5) is 5.69 Å². The molecule has 1 aliphatic heterocycles. The number of nitrogens with zero attached hydrogens (tertiary/aromatic N) is 2. The number of aliphatic carboxylic acids is 1. The Kier molecular flexibility index (Phi) is 13.8. The van der Waals surface area contributed by atoms with E-state index in [-0.39, 0.29) is 31.5 Å². The Labute approximate surface area is 270 Å². The van der Waals surface area contributed by atoms with Gasteiger partial charge in [0.25, 0.3) is 16.1 Å². The van der Waals surface area contributed by atoms with Crippen molar-refractivity contribution in [3.63, 3.8) is 0 Å². The number of carboxylic acid groups (broad SMARTS) is 1. The number of carbonyl (C=O) groups excluding carboxylic acids is 2. The topological polar surface area (TPSA) is 167 Å². The predicted molar refractivity (Wildman–Crippen MR) is 174 cm³/mol. The number of piperazine rings is 1. The van der Waals surface area contributed by atoms with Crippen LogP contribution < -0.4 is 25.0 Å². The third-order valence-electron chi connectivity index (χ3n) is 7.15. The van der Waals surface area contributed by atoms with Crippen LogP contribution in [0.3, 0.4) is 0 Å². The molecule has 14 heteroatoms. The summed E-state index contributed by atoms with van der Waals surface area (Å²) in [6, 6.07) is 11.5. The number of anilines is 1. The van der Waals surface area contributed by atoms with E-state index >= 15 is 0 Å². The van der Waals surface area contributed by atoms with Crippen molar-refractivity contribution in [3.05, 3.63) is 59.2 Å². The number of hydrogen-bond acceptors (Lipinski definition) is 8. The maximum absolute atomic E-state index is 13.0. The lowest BCUT2D eigenvalue weighted by atomic mass is 10.1. The van der Waals surface area contributed by atoms with E-state index in [0.29, 0.717) is 56.1 Å². The first kappa shape index (κ1) is 36.3. The molecule has 0 unspecified atom stereocenters. The number of carboxylic acids is 1. The van der Waals surface area contributed by atoms with Gasteiger partial charge in [-0.15, -0.1) is 0 Å². The van der Waals surface area contributed by atoms with Gasteiger partial charge < -0.3 is 30.1 Å². The van der Waals surface area contributed by atoms with Gasteiger partial charge in [-0.3, -0.25) is 14.4 Å². The molecular formula is C32H43N5O8S. The molecule has 13 nitrogen and oxygen atoms in total. The van der Waals surface area contributed by atoms with Gasteiger partial charge in [-0.05, 0) is 54.8 Å². The Bertz CT molecular complexity index is 1510. The molecule has 0 saturated carbocycles. The Hall–Kier alpha value is -4.16. The normalized spacial score (nSPS) is 14.2. The second-order valence-corrected chi connectivity index (χ2v) is 12.7. The third-order valence-corrected chi connectivity index (χ3v) is 8.75. The molecule has 0 aromatic heterocycles. The van der Waals surface area contributed by atoms with E-state index < -0.39 is 28.1 Å². The van der Waals surface area contributed by atoms with Crippen molar-refractivity contribution in [2.24, 2.45) is 5.92 Å². The summed E-state index contributed by atoms with van der Waals surface area (Å²) in [5, 5.41) is 14.9. The maximum atomic E-state index is 13.0. The minimum atomic E-state index is -3.94. The van der Waals surface area contributed by atoms with Crippen LogP contribution in [0.15, 0.2) is 42.5 Å². The molecule has 1 heterocycles. The summed E-state index contributed by atoms with van der Waals surface area (Å²) < 4.78 is 39.9. The molecule has 1 aliphatic rings. The SMILES string of the molecule is COCCOc1ccc(C#Cc2ccc(N3CCN(S(=O)(=O)N[C@@H](C(=O)O)C(C)C)CC3)cc2)cc1C(=O)NCCCNC(C)=O. The molecule has 2 aromatic rings. The Morgan fingerprint density at radius 2 is 1.57 bits per heavy atom. The van der Waals surface area contributed by atoms with Crippen LogP contribution in [0.25, 0.3) is 0 Å². The molecule has 1 fully saturated rings. The molecule has 0 spiro atoms. The summed E-state index contributed by atoms with van der Waals surface area (Å²) in [6.45, 7) is 7.57. The highest BCUT2D eigenvalue weighted by atomic mass is 32.2. The lowest BCUT2D eigenvalue weighted by Crippen LogP contribution is -2.55. The highest BCUT2D eigenvalue weighted by Crippen LogP contribution is 2.21. The molecule has 250 valence electrons. The van der Waals surface area contributed by atoms with Gasteiger partial charge in [-0.1, -0.05) is 25.7 Å². The Morgan fingerprint density at radius 1 is 0.935 bits per heavy atom. The Morgan fingerprint density at radius 3 is 2.17 bits per heavy atom. The van der Waals surface area contributed by atoms with E-state index in [1.807, 2.05) is 24.3 Å². The number of methoxy groups -OCH3 is 1. The number of amides is 2. The number of benzene rings is 2. The number of ether oxygens (including phenoxy) is 2. The monoisotopic (exact) mass is 657 g/mol. The van der Waals surface area contributed by atoms with E-state index in [4.69, 9.17) is 9.47 Å². The molecule has 0 radical (unpaired) electrons. The van der Waals surface area contributed by atoms with Crippen molar-refractivity contribution >= 4 is 33.7 Å². The minimum absolute atomic E-state index is 0.124. The number of hydrogen-bond donors (Lipinski definition) is 4. The Balaban J connectivity index is 1.63. The van der Waals surface area contributed by atoms with Gasteiger partial charge in [0, 0.05) is 70.1 Å². The molecule has 0 bridgehead atoms. The highest BCUT2D eigenvalue weighted by molar-refractivity contribution is 7.87. The van der Waals surface area contributed by atoms with E-state index in [0.717, 1.165) is 11.3 Å². The first-order valence-electron chi connectivity index (χ1n) is 15.1. The zero-order chi connectivity index (χ0) is 33.7. The predicted octanol–water partition coefficient (Wildman–Crippen LogP) is 1.43. The molecule has 1 saturated heterocycles. The fourth-order valence-electron chi connectivity index (χ4n) is 4.59. The number of carbonyl (C=O) groups is 3. The largest absolute Gasteiger partial charge is 0.490 e. The van der Waals surface area contributed by atoms with Crippen LogP contribution in [-0.2, 0) is 24.5 Å².